The molecular formula is C16H13N3O6S2. The number of hydrogen-bond acceptors (Lipinski definition) is 6. The molecule has 0 saturated heterocycles. The lowest BCUT2D eigenvalue weighted by Gasteiger charge is -2.09. The minimum atomic E-state index is -4.65. The average Bonchev–Trinajstić information content (AvgIpc) is 3.12. The van der Waals surface area contributed by atoms with Gasteiger partial charge in [0.15, 0.2) is 0 Å². The van der Waals surface area contributed by atoms with Crippen molar-refractivity contribution >= 4 is 32.4 Å². The Morgan fingerprint density at radius 1 is 0.778 bits per heavy atom. The van der Waals surface area contributed by atoms with E-state index in [0.29, 0.717) is 0 Å². The van der Waals surface area contributed by atoms with Gasteiger partial charge in [-0.2, -0.15) is 31.8 Å². The molecule has 2 aromatic carbocycles. The van der Waals surface area contributed by atoms with Crippen LogP contribution in [-0.2, 0) is 20.2 Å². The lowest BCUT2D eigenvalue weighted by atomic mass is 10.1. The minimum Gasteiger partial charge on any atom is -0.282 e. The summed E-state index contributed by atoms with van der Waals surface area (Å²) in [7, 11) is -9.12. The van der Waals surface area contributed by atoms with Gasteiger partial charge in [0, 0.05) is 0 Å². The van der Waals surface area contributed by atoms with Crippen molar-refractivity contribution in [3.05, 3.63) is 66.0 Å². The molecule has 0 aliphatic heterocycles. The summed E-state index contributed by atoms with van der Waals surface area (Å²) in [4.78, 5) is 0.258. The van der Waals surface area contributed by atoms with E-state index in [4.69, 9.17) is 0 Å². The molecule has 2 N–H and O–H groups in total. The SMILES string of the molecule is O=S(=O)(O)c1ccccc1/C=C/c1cccc(-n2nccn2)c1S(=O)(=O)O. The Labute approximate surface area is 155 Å². The van der Waals surface area contributed by atoms with Gasteiger partial charge in [0.2, 0.25) is 0 Å². The second-order valence-corrected chi connectivity index (χ2v) is 8.08. The van der Waals surface area contributed by atoms with Crippen LogP contribution in [0.4, 0.5) is 0 Å². The molecule has 0 atom stereocenters. The zero-order valence-electron chi connectivity index (χ0n) is 13.5. The van der Waals surface area contributed by atoms with Crippen LogP contribution in [-0.4, -0.2) is 40.9 Å². The summed E-state index contributed by atoms with van der Waals surface area (Å²) in [5.74, 6) is 0. The molecule has 3 aromatic rings. The molecule has 9 nitrogen and oxygen atoms in total. The average molecular weight is 407 g/mol. The van der Waals surface area contributed by atoms with Gasteiger partial charge in [0.25, 0.3) is 20.2 Å². The van der Waals surface area contributed by atoms with Crippen molar-refractivity contribution in [2.24, 2.45) is 0 Å². The van der Waals surface area contributed by atoms with Gasteiger partial charge in [-0.3, -0.25) is 9.11 Å². The van der Waals surface area contributed by atoms with E-state index in [9.17, 15) is 25.9 Å². The van der Waals surface area contributed by atoms with Crippen molar-refractivity contribution in [2.75, 3.05) is 0 Å². The third-order valence-corrected chi connectivity index (χ3v) is 5.44. The van der Waals surface area contributed by atoms with E-state index in [0.717, 1.165) is 4.80 Å². The Morgan fingerprint density at radius 2 is 1.37 bits per heavy atom. The summed E-state index contributed by atoms with van der Waals surface area (Å²) in [5, 5.41) is 7.72. The first kappa shape index (κ1) is 18.9. The maximum absolute atomic E-state index is 11.9. The van der Waals surface area contributed by atoms with Crippen LogP contribution in [0, 0.1) is 0 Å². The summed E-state index contributed by atoms with van der Waals surface area (Å²) < 4.78 is 65.7. The van der Waals surface area contributed by atoms with Crippen LogP contribution < -0.4 is 0 Å². The zero-order valence-corrected chi connectivity index (χ0v) is 15.2. The Balaban J connectivity index is 2.18. The molecular weight excluding hydrogens is 394 g/mol. The highest BCUT2D eigenvalue weighted by molar-refractivity contribution is 7.86. The molecule has 0 aliphatic rings. The molecule has 0 amide bonds. The maximum atomic E-state index is 11.9. The fourth-order valence-electron chi connectivity index (χ4n) is 2.48. The van der Waals surface area contributed by atoms with E-state index in [1.807, 2.05) is 0 Å². The van der Waals surface area contributed by atoms with E-state index in [-0.39, 0.29) is 21.7 Å². The first-order chi connectivity index (χ1) is 12.7. The van der Waals surface area contributed by atoms with Crippen LogP contribution in [0.2, 0.25) is 0 Å². The highest BCUT2D eigenvalue weighted by Crippen LogP contribution is 2.26. The molecule has 11 heteroatoms. The van der Waals surface area contributed by atoms with Gasteiger partial charge >= 0.3 is 0 Å². The van der Waals surface area contributed by atoms with Crippen molar-refractivity contribution in [1.82, 2.24) is 15.0 Å². The number of rotatable bonds is 5. The van der Waals surface area contributed by atoms with Crippen LogP contribution in [0.3, 0.4) is 0 Å². The monoisotopic (exact) mass is 407 g/mol. The summed E-state index contributed by atoms with van der Waals surface area (Å²) in [6.07, 6.45) is 5.31. The largest absolute Gasteiger partial charge is 0.297 e. The molecule has 0 spiro atoms. The fraction of sp³-hybridized carbons (Fsp3) is 0. The topological polar surface area (TPSA) is 139 Å². The third-order valence-electron chi connectivity index (χ3n) is 3.56. The van der Waals surface area contributed by atoms with Gasteiger partial charge in [0.05, 0.1) is 12.4 Å². The van der Waals surface area contributed by atoms with Crippen molar-refractivity contribution < 1.29 is 25.9 Å². The lowest BCUT2D eigenvalue weighted by molar-refractivity contribution is 0.480. The van der Waals surface area contributed by atoms with Gasteiger partial charge in [-0.1, -0.05) is 42.5 Å². The first-order valence-electron chi connectivity index (χ1n) is 7.40. The third kappa shape index (κ3) is 4.11. The smallest absolute Gasteiger partial charge is 0.282 e. The number of aromatic nitrogens is 3. The highest BCUT2D eigenvalue weighted by atomic mass is 32.2. The van der Waals surface area contributed by atoms with E-state index in [1.54, 1.807) is 6.07 Å². The Morgan fingerprint density at radius 3 is 2.00 bits per heavy atom. The van der Waals surface area contributed by atoms with Crippen molar-refractivity contribution in [1.29, 1.82) is 0 Å². The minimum absolute atomic E-state index is 0.0210. The van der Waals surface area contributed by atoms with E-state index >= 15 is 0 Å². The molecule has 1 aromatic heterocycles. The number of nitrogens with zero attached hydrogens (tertiary/aromatic N) is 3. The molecule has 3 rings (SSSR count). The fourth-order valence-corrected chi connectivity index (χ4v) is 4.02. The van der Waals surface area contributed by atoms with Crippen LogP contribution in [0.5, 0.6) is 0 Å². The van der Waals surface area contributed by atoms with E-state index in [1.165, 1.54) is 60.9 Å². The Bertz CT molecular complexity index is 1220. The highest BCUT2D eigenvalue weighted by Gasteiger charge is 2.21. The summed E-state index contributed by atoms with van der Waals surface area (Å²) in [6, 6.07) is 10.0. The lowest BCUT2D eigenvalue weighted by Crippen LogP contribution is -2.09. The second kappa shape index (κ2) is 7.04. The summed E-state index contributed by atoms with van der Waals surface area (Å²) in [6.45, 7) is 0. The normalized spacial score (nSPS) is 12.5. The molecule has 0 fully saturated rings. The summed E-state index contributed by atoms with van der Waals surface area (Å²) in [5.41, 5.74) is 0.245. The van der Waals surface area contributed by atoms with Gasteiger partial charge in [0.1, 0.15) is 15.5 Å². The van der Waals surface area contributed by atoms with E-state index < -0.39 is 25.1 Å². The first-order valence-corrected chi connectivity index (χ1v) is 10.3. The standard InChI is InChI=1S/C16H13N3O6S2/c20-26(21,22)15-7-2-1-4-12(15)8-9-13-5-3-6-14(16(13)27(23,24)25)19-17-10-11-18-19/h1-11H,(H,20,21,22)(H,23,24,25)/b9-8+. The molecule has 1 heterocycles. The quantitative estimate of drug-likeness (QED) is 0.483. The number of benzene rings is 2. The molecule has 27 heavy (non-hydrogen) atoms. The molecule has 0 saturated carbocycles. The molecule has 0 bridgehead atoms. The van der Waals surface area contributed by atoms with E-state index in [2.05, 4.69) is 10.2 Å². The number of hydrogen-bond donors (Lipinski definition) is 2. The van der Waals surface area contributed by atoms with Gasteiger partial charge in [-0.25, -0.2) is 0 Å². The van der Waals surface area contributed by atoms with Gasteiger partial charge in [-0.15, -0.1) is 0 Å². The van der Waals surface area contributed by atoms with Crippen LogP contribution in [0.1, 0.15) is 11.1 Å². The van der Waals surface area contributed by atoms with Gasteiger partial charge in [-0.05, 0) is 23.3 Å². The van der Waals surface area contributed by atoms with Crippen molar-refractivity contribution in [3.63, 3.8) is 0 Å². The Hall–Kier alpha value is -2.86. The van der Waals surface area contributed by atoms with Crippen molar-refractivity contribution in [2.45, 2.75) is 9.79 Å². The molecule has 0 radical (unpaired) electrons. The van der Waals surface area contributed by atoms with Crippen LogP contribution in [0.25, 0.3) is 17.8 Å². The molecule has 0 aliphatic carbocycles. The van der Waals surface area contributed by atoms with Crippen LogP contribution in [0.15, 0.2) is 64.6 Å². The van der Waals surface area contributed by atoms with Crippen molar-refractivity contribution in [3.8, 4) is 5.69 Å². The van der Waals surface area contributed by atoms with Crippen LogP contribution >= 0.6 is 0 Å². The maximum Gasteiger partial charge on any atom is 0.297 e. The molecule has 140 valence electrons. The van der Waals surface area contributed by atoms with Gasteiger partial charge < -0.3 is 0 Å². The summed E-state index contributed by atoms with van der Waals surface area (Å²) >= 11 is 0. The molecule has 0 unspecified atom stereocenters. The Kier molecular flexibility index (Phi) is 4.93. The second-order valence-electron chi connectivity index (χ2n) is 5.34. The predicted octanol–water partition coefficient (Wildman–Crippen LogP) is 1.93. The predicted molar refractivity (Wildman–Crippen MR) is 96.4 cm³/mol. The zero-order chi connectivity index (χ0) is 19.7.